The number of ether oxygens (including phenoxy) is 3. The number of benzene rings is 1. The lowest BCUT2D eigenvalue weighted by Crippen LogP contribution is -2.44. The maximum Gasteiger partial charge on any atom is 0.266 e. The van der Waals surface area contributed by atoms with Gasteiger partial charge in [0.2, 0.25) is 11.7 Å². The van der Waals surface area contributed by atoms with Crippen molar-refractivity contribution in [3.63, 3.8) is 0 Å². The lowest BCUT2D eigenvalue weighted by Gasteiger charge is -2.35. The van der Waals surface area contributed by atoms with E-state index in [0.717, 1.165) is 31.4 Å². The number of piperidine rings is 1. The lowest BCUT2D eigenvalue weighted by molar-refractivity contribution is -0.135. The maximum absolute atomic E-state index is 13.0. The minimum absolute atomic E-state index is 0.0965. The number of nitrogens with zero attached hydrogens (tertiary/aromatic N) is 2. The summed E-state index contributed by atoms with van der Waals surface area (Å²) in [7, 11) is 4.63. The Morgan fingerprint density at radius 3 is 2.47 bits per heavy atom. The van der Waals surface area contributed by atoms with Crippen molar-refractivity contribution in [2.24, 2.45) is 0 Å². The van der Waals surface area contributed by atoms with Crippen LogP contribution in [-0.2, 0) is 9.59 Å². The van der Waals surface area contributed by atoms with Gasteiger partial charge in [0.15, 0.2) is 11.5 Å². The number of methoxy groups -OCH3 is 3. The van der Waals surface area contributed by atoms with Gasteiger partial charge in [0.25, 0.3) is 5.91 Å². The molecule has 2 amide bonds. The summed E-state index contributed by atoms with van der Waals surface area (Å²) in [5.74, 6) is 1.41. The van der Waals surface area contributed by atoms with Crippen LogP contribution in [0, 0.1) is 0 Å². The minimum Gasteiger partial charge on any atom is -0.493 e. The fraction of sp³-hybridized carbons (Fsp3) is 0.522. The van der Waals surface area contributed by atoms with Crippen LogP contribution in [0.15, 0.2) is 17.0 Å². The molecule has 1 aromatic carbocycles. The average molecular weight is 479 g/mol. The summed E-state index contributed by atoms with van der Waals surface area (Å²) in [4.78, 5) is 29.8. The molecule has 0 saturated carbocycles. The van der Waals surface area contributed by atoms with Crippen molar-refractivity contribution in [3.8, 4) is 17.2 Å². The molecule has 3 rings (SSSR count). The van der Waals surface area contributed by atoms with Gasteiger partial charge >= 0.3 is 0 Å². The molecule has 0 N–H and O–H groups in total. The first kappa shape index (κ1) is 24.4. The van der Waals surface area contributed by atoms with Gasteiger partial charge in [-0.2, -0.15) is 0 Å². The predicted molar refractivity (Wildman–Crippen MR) is 130 cm³/mol. The Morgan fingerprint density at radius 2 is 1.88 bits per heavy atom. The quantitative estimate of drug-likeness (QED) is 0.412. The Balaban J connectivity index is 1.72. The van der Waals surface area contributed by atoms with E-state index in [2.05, 4.69) is 6.92 Å². The fourth-order valence-electron chi connectivity index (χ4n) is 4.13. The molecule has 0 aliphatic carbocycles. The van der Waals surface area contributed by atoms with Crippen LogP contribution in [0.5, 0.6) is 17.2 Å². The zero-order valence-electron chi connectivity index (χ0n) is 19.0. The van der Waals surface area contributed by atoms with Crippen molar-refractivity contribution >= 4 is 46.2 Å². The number of amides is 2. The van der Waals surface area contributed by atoms with Crippen molar-refractivity contribution in [2.45, 2.75) is 45.1 Å². The fourth-order valence-corrected chi connectivity index (χ4v) is 5.44. The molecule has 1 aromatic rings. The summed E-state index contributed by atoms with van der Waals surface area (Å²) in [5, 5.41) is 0. The molecule has 1 atom stereocenters. The first-order chi connectivity index (χ1) is 15.4. The first-order valence-electron chi connectivity index (χ1n) is 10.8. The van der Waals surface area contributed by atoms with E-state index >= 15 is 0 Å². The van der Waals surface area contributed by atoms with E-state index in [1.165, 1.54) is 23.1 Å². The summed E-state index contributed by atoms with van der Waals surface area (Å²) in [6.45, 7) is 3.21. The normalized spacial score (nSPS) is 20.1. The summed E-state index contributed by atoms with van der Waals surface area (Å²) in [6, 6.07) is 3.86. The maximum atomic E-state index is 13.0. The molecule has 32 heavy (non-hydrogen) atoms. The summed E-state index contributed by atoms with van der Waals surface area (Å²) >= 11 is 6.67. The molecule has 7 nitrogen and oxygen atoms in total. The third-order valence-corrected chi connectivity index (χ3v) is 7.20. The van der Waals surface area contributed by atoms with Crippen molar-refractivity contribution in [1.29, 1.82) is 0 Å². The minimum atomic E-state index is -0.188. The molecule has 0 spiro atoms. The van der Waals surface area contributed by atoms with Crippen LogP contribution in [0.1, 0.15) is 44.6 Å². The Bertz CT molecular complexity index is 893. The van der Waals surface area contributed by atoms with Crippen molar-refractivity contribution in [2.75, 3.05) is 34.4 Å². The Kier molecular flexibility index (Phi) is 8.42. The van der Waals surface area contributed by atoms with E-state index in [-0.39, 0.29) is 18.2 Å². The molecule has 9 heteroatoms. The molecule has 2 saturated heterocycles. The van der Waals surface area contributed by atoms with E-state index in [9.17, 15) is 9.59 Å². The van der Waals surface area contributed by atoms with E-state index in [1.807, 2.05) is 4.90 Å². The molecule has 0 bridgehead atoms. The topological polar surface area (TPSA) is 68.3 Å². The molecular formula is C23H30N2O5S2. The number of thiocarbonyl (C=S) groups is 1. The molecule has 2 aliphatic rings. The SMILES string of the molecule is CCC1CCCCN1C(=O)CCN1C(=O)C(=Cc2cc(OC)c(OC)c(OC)c2)SC1=S. The molecule has 1 unspecified atom stereocenters. The number of carbonyl (C=O) groups is 2. The van der Waals surface area contributed by atoms with Gasteiger partial charge in [0.1, 0.15) is 4.32 Å². The molecule has 174 valence electrons. The molecule has 2 heterocycles. The van der Waals surface area contributed by atoms with Gasteiger partial charge in [-0.1, -0.05) is 30.9 Å². The Morgan fingerprint density at radius 1 is 1.19 bits per heavy atom. The van der Waals surface area contributed by atoms with E-state index in [0.29, 0.717) is 39.1 Å². The molecule has 2 fully saturated rings. The van der Waals surface area contributed by atoms with Gasteiger partial charge in [0.05, 0.1) is 26.2 Å². The number of hydrogen-bond donors (Lipinski definition) is 0. The smallest absolute Gasteiger partial charge is 0.266 e. The molecule has 0 radical (unpaired) electrons. The van der Waals surface area contributed by atoms with Gasteiger partial charge in [-0.05, 0) is 49.5 Å². The van der Waals surface area contributed by atoms with Crippen LogP contribution < -0.4 is 14.2 Å². The average Bonchev–Trinajstić information content (AvgIpc) is 3.08. The van der Waals surface area contributed by atoms with Crippen LogP contribution in [-0.4, -0.2) is 66.4 Å². The standard InChI is InChI=1S/C23H30N2O5S2/c1-5-16-8-6-7-10-24(16)20(26)9-11-25-22(27)19(32-23(25)31)14-15-12-17(28-2)21(30-4)18(13-15)29-3/h12-14,16H,5-11H2,1-4H3. The predicted octanol–water partition coefficient (Wildman–Crippen LogP) is 4.09. The van der Waals surface area contributed by atoms with E-state index in [4.69, 9.17) is 26.4 Å². The van der Waals surface area contributed by atoms with Gasteiger partial charge < -0.3 is 19.1 Å². The summed E-state index contributed by atoms with van der Waals surface area (Å²) in [6.07, 6.45) is 6.26. The van der Waals surface area contributed by atoms with Gasteiger partial charge in [-0.25, -0.2) is 0 Å². The second kappa shape index (κ2) is 11.0. The van der Waals surface area contributed by atoms with Crippen LogP contribution >= 0.6 is 24.0 Å². The molecule has 0 aromatic heterocycles. The van der Waals surface area contributed by atoms with Crippen molar-refractivity contribution in [1.82, 2.24) is 9.80 Å². The van der Waals surface area contributed by atoms with E-state index < -0.39 is 0 Å². The zero-order valence-corrected chi connectivity index (χ0v) is 20.6. The summed E-state index contributed by atoms with van der Waals surface area (Å²) < 4.78 is 16.6. The monoisotopic (exact) mass is 478 g/mol. The van der Waals surface area contributed by atoms with Gasteiger partial charge in [-0.15, -0.1) is 0 Å². The second-order valence-electron chi connectivity index (χ2n) is 7.69. The molecular weight excluding hydrogens is 448 g/mol. The number of likely N-dealkylation sites (tertiary alicyclic amines) is 1. The third-order valence-electron chi connectivity index (χ3n) is 5.83. The Hall–Kier alpha value is -2.26. The lowest BCUT2D eigenvalue weighted by atomic mass is 9.99. The van der Waals surface area contributed by atoms with Gasteiger partial charge in [0, 0.05) is 25.6 Å². The summed E-state index contributed by atoms with van der Waals surface area (Å²) in [5.41, 5.74) is 0.732. The van der Waals surface area contributed by atoms with Crippen LogP contribution in [0.4, 0.5) is 0 Å². The number of rotatable bonds is 8. The van der Waals surface area contributed by atoms with Gasteiger partial charge in [-0.3, -0.25) is 14.5 Å². The highest BCUT2D eigenvalue weighted by molar-refractivity contribution is 8.26. The number of hydrogen-bond acceptors (Lipinski definition) is 7. The zero-order chi connectivity index (χ0) is 23.3. The Labute approximate surface area is 199 Å². The highest BCUT2D eigenvalue weighted by Crippen LogP contribution is 2.40. The van der Waals surface area contributed by atoms with Crippen LogP contribution in [0.2, 0.25) is 0 Å². The largest absolute Gasteiger partial charge is 0.493 e. The highest BCUT2D eigenvalue weighted by Gasteiger charge is 2.33. The highest BCUT2D eigenvalue weighted by atomic mass is 32.2. The second-order valence-corrected chi connectivity index (χ2v) is 9.36. The first-order valence-corrected chi connectivity index (χ1v) is 12.0. The molecule has 2 aliphatic heterocycles. The van der Waals surface area contributed by atoms with Crippen LogP contribution in [0.25, 0.3) is 6.08 Å². The van der Waals surface area contributed by atoms with Crippen molar-refractivity contribution in [3.05, 3.63) is 22.6 Å². The van der Waals surface area contributed by atoms with Crippen LogP contribution in [0.3, 0.4) is 0 Å². The third kappa shape index (κ3) is 5.20. The van der Waals surface area contributed by atoms with E-state index in [1.54, 1.807) is 39.5 Å². The number of carbonyl (C=O) groups excluding carboxylic acids is 2. The number of thioether (sulfide) groups is 1. The van der Waals surface area contributed by atoms with Crippen molar-refractivity contribution < 1.29 is 23.8 Å².